The number of hydrogen-bond acceptors (Lipinski definition) is 6. The molecular formula is C18H19N3O5. The topological polar surface area (TPSA) is 107 Å². The molecule has 2 rings (SSSR count). The van der Waals surface area contributed by atoms with Crippen molar-refractivity contribution in [3.05, 3.63) is 48.2 Å². The highest BCUT2D eigenvalue weighted by Crippen LogP contribution is 2.17. The van der Waals surface area contributed by atoms with Crippen LogP contribution in [0.1, 0.15) is 5.56 Å². The average Bonchev–Trinajstić information content (AvgIpc) is 2.65. The third kappa shape index (κ3) is 5.99. The van der Waals surface area contributed by atoms with Crippen LogP contribution in [0.15, 0.2) is 42.6 Å². The van der Waals surface area contributed by atoms with Gasteiger partial charge >= 0.3 is 12.0 Å². The Balaban J connectivity index is 1.82. The maximum absolute atomic E-state index is 11.7. The number of rotatable bonds is 7. The van der Waals surface area contributed by atoms with Crippen LogP contribution in [0.25, 0.3) is 17.0 Å². The number of esters is 1. The van der Waals surface area contributed by atoms with Gasteiger partial charge in [0.1, 0.15) is 0 Å². The van der Waals surface area contributed by atoms with Crippen LogP contribution < -0.4 is 10.6 Å². The van der Waals surface area contributed by atoms with Gasteiger partial charge < -0.3 is 14.8 Å². The Labute approximate surface area is 150 Å². The summed E-state index contributed by atoms with van der Waals surface area (Å²) in [6.45, 7) is 0.0241. The highest BCUT2D eigenvalue weighted by atomic mass is 16.5. The van der Waals surface area contributed by atoms with Gasteiger partial charge in [0, 0.05) is 36.9 Å². The van der Waals surface area contributed by atoms with Crippen molar-refractivity contribution >= 4 is 34.9 Å². The summed E-state index contributed by atoms with van der Waals surface area (Å²) >= 11 is 0. The Morgan fingerprint density at radius 2 is 2.00 bits per heavy atom. The van der Waals surface area contributed by atoms with Crippen LogP contribution in [0.3, 0.4) is 0 Å². The molecule has 8 nitrogen and oxygen atoms in total. The smallest absolute Gasteiger partial charge is 0.331 e. The molecule has 1 aromatic carbocycles. The molecule has 0 spiro atoms. The van der Waals surface area contributed by atoms with Gasteiger partial charge in [-0.1, -0.05) is 24.3 Å². The lowest BCUT2D eigenvalue weighted by molar-refractivity contribution is -0.143. The zero-order chi connectivity index (χ0) is 18.8. The van der Waals surface area contributed by atoms with E-state index in [0.29, 0.717) is 6.61 Å². The lowest BCUT2D eigenvalue weighted by atomic mass is 10.1. The highest BCUT2D eigenvalue weighted by Gasteiger charge is 2.09. The van der Waals surface area contributed by atoms with Gasteiger partial charge in [-0.3, -0.25) is 15.1 Å². The summed E-state index contributed by atoms with van der Waals surface area (Å²) in [6.07, 6.45) is 4.43. The molecule has 26 heavy (non-hydrogen) atoms. The van der Waals surface area contributed by atoms with E-state index in [1.807, 2.05) is 35.6 Å². The average molecular weight is 357 g/mol. The van der Waals surface area contributed by atoms with E-state index in [0.717, 1.165) is 16.5 Å². The molecule has 3 amide bonds. The molecule has 0 aliphatic rings. The van der Waals surface area contributed by atoms with Gasteiger partial charge in [0.05, 0.1) is 12.1 Å². The molecule has 0 fully saturated rings. The predicted octanol–water partition coefficient (Wildman–Crippen LogP) is 1.26. The van der Waals surface area contributed by atoms with Gasteiger partial charge in [0.2, 0.25) is 0 Å². The largest absolute Gasteiger partial charge is 0.452 e. The fraction of sp³-hybridized carbons (Fsp3) is 0.222. The number of hydrogen-bond donors (Lipinski definition) is 2. The zero-order valence-electron chi connectivity index (χ0n) is 14.2. The monoisotopic (exact) mass is 357 g/mol. The zero-order valence-corrected chi connectivity index (χ0v) is 14.2. The van der Waals surface area contributed by atoms with Gasteiger partial charge in [-0.2, -0.15) is 0 Å². The summed E-state index contributed by atoms with van der Waals surface area (Å²) in [5.74, 6) is -1.43. The predicted molar refractivity (Wildman–Crippen MR) is 95.2 cm³/mol. The molecule has 0 atom stereocenters. The second-order valence-electron chi connectivity index (χ2n) is 5.16. The summed E-state index contributed by atoms with van der Waals surface area (Å²) in [5, 5.41) is 5.39. The van der Waals surface area contributed by atoms with Crippen molar-refractivity contribution in [3.8, 4) is 0 Å². The van der Waals surface area contributed by atoms with E-state index in [1.165, 1.54) is 13.2 Å². The van der Waals surface area contributed by atoms with Crippen LogP contribution in [0, 0.1) is 0 Å². The van der Waals surface area contributed by atoms with E-state index in [1.54, 1.807) is 12.3 Å². The SMILES string of the molecule is COCCNC(=O)NC(=O)COC(=O)/C=C/c1cccc2cccnc12. The van der Waals surface area contributed by atoms with Crippen molar-refractivity contribution in [2.24, 2.45) is 0 Å². The fourth-order valence-electron chi connectivity index (χ4n) is 2.08. The van der Waals surface area contributed by atoms with Crippen LogP contribution in [-0.2, 0) is 19.1 Å². The summed E-state index contributed by atoms with van der Waals surface area (Å²) in [5.41, 5.74) is 1.51. The van der Waals surface area contributed by atoms with Crippen molar-refractivity contribution in [1.29, 1.82) is 0 Å². The molecule has 0 saturated carbocycles. The summed E-state index contributed by atoms with van der Waals surface area (Å²) in [6, 6.07) is 8.65. The first-order chi connectivity index (χ1) is 12.6. The molecule has 0 aliphatic carbocycles. The normalized spacial score (nSPS) is 10.7. The van der Waals surface area contributed by atoms with Crippen molar-refractivity contribution < 1.29 is 23.9 Å². The van der Waals surface area contributed by atoms with E-state index >= 15 is 0 Å². The quantitative estimate of drug-likeness (QED) is 0.439. The number of aromatic nitrogens is 1. The Kier molecular flexibility index (Phi) is 7.26. The maximum Gasteiger partial charge on any atom is 0.331 e. The van der Waals surface area contributed by atoms with Crippen molar-refractivity contribution in [2.45, 2.75) is 0 Å². The van der Waals surface area contributed by atoms with Gasteiger partial charge in [0.15, 0.2) is 6.61 Å². The summed E-state index contributed by atoms with van der Waals surface area (Å²) < 4.78 is 9.56. The number of pyridine rings is 1. The second-order valence-corrected chi connectivity index (χ2v) is 5.16. The van der Waals surface area contributed by atoms with Gasteiger partial charge in [0.25, 0.3) is 5.91 Å². The number of carbonyl (C=O) groups excluding carboxylic acids is 3. The molecule has 0 saturated heterocycles. The molecule has 2 aromatic rings. The van der Waals surface area contributed by atoms with Crippen molar-refractivity contribution in [3.63, 3.8) is 0 Å². The Hall–Kier alpha value is -3.26. The summed E-state index contributed by atoms with van der Waals surface area (Å²) in [4.78, 5) is 38.9. The van der Waals surface area contributed by atoms with Gasteiger partial charge in [-0.25, -0.2) is 9.59 Å². The first kappa shape index (κ1) is 19.1. The Bertz CT molecular complexity index is 814. The summed E-state index contributed by atoms with van der Waals surface area (Å²) in [7, 11) is 1.49. The molecule has 8 heteroatoms. The van der Waals surface area contributed by atoms with E-state index in [4.69, 9.17) is 9.47 Å². The number of amides is 3. The number of benzene rings is 1. The molecular weight excluding hydrogens is 338 g/mol. The van der Waals surface area contributed by atoms with Crippen LogP contribution in [0.2, 0.25) is 0 Å². The first-order valence-electron chi connectivity index (χ1n) is 7.85. The third-order valence-corrected chi connectivity index (χ3v) is 3.25. The molecule has 0 bridgehead atoms. The highest BCUT2D eigenvalue weighted by molar-refractivity contribution is 5.97. The number of nitrogens with one attached hydrogen (secondary N) is 2. The molecule has 2 N–H and O–H groups in total. The van der Waals surface area contributed by atoms with E-state index in [9.17, 15) is 14.4 Å². The van der Waals surface area contributed by atoms with Gasteiger partial charge in [-0.05, 0) is 12.1 Å². The van der Waals surface area contributed by atoms with E-state index < -0.39 is 24.5 Å². The van der Waals surface area contributed by atoms with Crippen LogP contribution in [0.4, 0.5) is 4.79 Å². The number of methoxy groups -OCH3 is 1. The number of ether oxygens (including phenoxy) is 2. The lowest BCUT2D eigenvalue weighted by Gasteiger charge is -2.06. The Morgan fingerprint density at radius 1 is 1.19 bits per heavy atom. The van der Waals surface area contributed by atoms with Gasteiger partial charge in [-0.15, -0.1) is 0 Å². The Morgan fingerprint density at radius 3 is 2.81 bits per heavy atom. The molecule has 136 valence electrons. The minimum absolute atomic E-state index is 0.261. The number of para-hydroxylation sites is 1. The maximum atomic E-state index is 11.7. The van der Waals surface area contributed by atoms with Crippen LogP contribution in [-0.4, -0.2) is 49.8 Å². The number of carbonyl (C=O) groups is 3. The lowest BCUT2D eigenvalue weighted by Crippen LogP contribution is -2.42. The van der Waals surface area contributed by atoms with E-state index in [2.05, 4.69) is 10.3 Å². The van der Waals surface area contributed by atoms with Crippen LogP contribution >= 0.6 is 0 Å². The number of urea groups is 1. The third-order valence-electron chi connectivity index (χ3n) is 3.25. The van der Waals surface area contributed by atoms with Crippen molar-refractivity contribution in [1.82, 2.24) is 15.6 Å². The fourth-order valence-corrected chi connectivity index (χ4v) is 2.08. The second kappa shape index (κ2) is 9.90. The molecule has 0 unspecified atom stereocenters. The number of nitrogens with zero attached hydrogens (tertiary/aromatic N) is 1. The number of imide groups is 1. The van der Waals surface area contributed by atoms with Crippen molar-refractivity contribution in [2.75, 3.05) is 26.9 Å². The molecule has 0 radical (unpaired) electrons. The standard InChI is InChI=1S/C18H19N3O5/c1-25-11-10-20-18(24)21-15(22)12-26-16(23)8-7-14-5-2-4-13-6-3-9-19-17(13)14/h2-9H,10-12H2,1H3,(H2,20,21,22,24)/b8-7+. The molecule has 1 aromatic heterocycles. The molecule has 1 heterocycles. The van der Waals surface area contributed by atoms with Crippen LogP contribution in [0.5, 0.6) is 0 Å². The minimum atomic E-state index is -0.728. The molecule has 0 aliphatic heterocycles. The van der Waals surface area contributed by atoms with E-state index in [-0.39, 0.29) is 6.54 Å². The minimum Gasteiger partial charge on any atom is -0.452 e. The first-order valence-corrected chi connectivity index (χ1v) is 7.85. The number of fused-ring (bicyclic) bond motifs is 1.